The summed E-state index contributed by atoms with van der Waals surface area (Å²) in [6.45, 7) is 0. The molecule has 1 fully saturated rings. The Hall–Kier alpha value is -1.16. The van der Waals surface area contributed by atoms with E-state index in [0.717, 1.165) is 23.8 Å². The number of nitrogens with one attached hydrogen (secondary N) is 1. The van der Waals surface area contributed by atoms with Gasteiger partial charge >= 0.3 is 0 Å². The van der Waals surface area contributed by atoms with E-state index in [4.69, 9.17) is 5.73 Å². The molecule has 1 aliphatic carbocycles. The maximum Gasteiger partial charge on any atom is 0.193 e. The second-order valence-electron chi connectivity index (χ2n) is 4.68. The Morgan fingerprint density at radius 2 is 2.11 bits per heavy atom. The van der Waals surface area contributed by atoms with Crippen LogP contribution in [0.4, 0.5) is 5.69 Å². The SMILES string of the molecule is CSC1CCCC(N=C(N)Nc2ccccc2)C1. The van der Waals surface area contributed by atoms with Gasteiger partial charge in [0.15, 0.2) is 5.96 Å². The average molecular weight is 263 g/mol. The number of rotatable bonds is 3. The van der Waals surface area contributed by atoms with Crippen LogP contribution in [0, 0.1) is 0 Å². The molecular weight excluding hydrogens is 242 g/mol. The largest absolute Gasteiger partial charge is 0.370 e. The second kappa shape index (κ2) is 6.69. The van der Waals surface area contributed by atoms with Crippen LogP contribution in [-0.4, -0.2) is 23.5 Å². The minimum absolute atomic E-state index is 0.382. The predicted octanol–water partition coefficient (Wildman–Crippen LogP) is 3.09. The highest BCUT2D eigenvalue weighted by Crippen LogP contribution is 2.28. The minimum atomic E-state index is 0.382. The summed E-state index contributed by atoms with van der Waals surface area (Å²) < 4.78 is 0. The highest BCUT2D eigenvalue weighted by molar-refractivity contribution is 7.99. The van der Waals surface area contributed by atoms with Crippen LogP contribution >= 0.6 is 11.8 Å². The first-order valence-electron chi connectivity index (χ1n) is 6.46. The van der Waals surface area contributed by atoms with E-state index in [9.17, 15) is 0 Å². The Morgan fingerprint density at radius 3 is 2.83 bits per heavy atom. The number of guanidine groups is 1. The van der Waals surface area contributed by atoms with Crippen LogP contribution in [0.5, 0.6) is 0 Å². The normalized spacial score (nSPS) is 24.8. The third-order valence-electron chi connectivity index (χ3n) is 3.30. The van der Waals surface area contributed by atoms with Crippen molar-refractivity contribution in [1.29, 1.82) is 0 Å². The number of benzene rings is 1. The lowest BCUT2D eigenvalue weighted by Gasteiger charge is -2.25. The zero-order valence-electron chi connectivity index (χ0n) is 10.8. The number of para-hydroxylation sites is 1. The fraction of sp³-hybridized carbons (Fsp3) is 0.500. The number of hydrogen-bond acceptors (Lipinski definition) is 2. The molecular formula is C14H21N3S. The van der Waals surface area contributed by atoms with Gasteiger partial charge in [0, 0.05) is 10.9 Å². The molecule has 1 aromatic rings. The zero-order chi connectivity index (χ0) is 12.8. The maximum absolute atomic E-state index is 5.96. The van der Waals surface area contributed by atoms with Gasteiger partial charge in [0.05, 0.1) is 6.04 Å². The molecule has 18 heavy (non-hydrogen) atoms. The molecule has 0 aliphatic heterocycles. The number of nitrogens with two attached hydrogens (primary N) is 1. The van der Waals surface area contributed by atoms with Gasteiger partial charge in [-0.25, -0.2) is 4.99 Å². The number of hydrogen-bond donors (Lipinski definition) is 2. The third kappa shape index (κ3) is 3.95. The van der Waals surface area contributed by atoms with Gasteiger partial charge in [-0.2, -0.15) is 11.8 Å². The number of thioether (sulfide) groups is 1. The lowest BCUT2D eigenvalue weighted by atomic mass is 9.95. The molecule has 2 rings (SSSR count). The van der Waals surface area contributed by atoms with Crippen molar-refractivity contribution in [2.24, 2.45) is 10.7 Å². The van der Waals surface area contributed by atoms with Crippen molar-refractivity contribution in [1.82, 2.24) is 0 Å². The standard InChI is InChI=1S/C14H21N3S/c1-18-13-9-5-8-12(10-13)17-14(15)16-11-6-3-2-4-7-11/h2-4,6-7,12-13H,5,8-10H2,1H3,(H3,15,16,17). The average Bonchev–Trinajstić information content (AvgIpc) is 2.40. The Kier molecular flexibility index (Phi) is 4.93. The Labute approximate surface area is 113 Å². The van der Waals surface area contributed by atoms with Crippen LogP contribution in [0.25, 0.3) is 0 Å². The third-order valence-corrected chi connectivity index (χ3v) is 4.39. The van der Waals surface area contributed by atoms with Crippen molar-refractivity contribution >= 4 is 23.4 Å². The monoisotopic (exact) mass is 263 g/mol. The van der Waals surface area contributed by atoms with Crippen LogP contribution < -0.4 is 11.1 Å². The summed E-state index contributed by atoms with van der Waals surface area (Å²) in [4.78, 5) is 4.60. The molecule has 3 N–H and O–H groups in total. The topological polar surface area (TPSA) is 50.4 Å². The van der Waals surface area contributed by atoms with E-state index in [0.29, 0.717) is 12.0 Å². The molecule has 1 aliphatic rings. The molecule has 4 heteroatoms. The van der Waals surface area contributed by atoms with Crippen LogP contribution in [0.2, 0.25) is 0 Å². The first-order valence-corrected chi connectivity index (χ1v) is 7.75. The number of anilines is 1. The first kappa shape index (κ1) is 13.3. The predicted molar refractivity (Wildman–Crippen MR) is 81.2 cm³/mol. The number of nitrogens with zero attached hydrogens (tertiary/aromatic N) is 1. The van der Waals surface area contributed by atoms with Crippen LogP contribution in [0.15, 0.2) is 35.3 Å². The van der Waals surface area contributed by atoms with Crippen LogP contribution in [-0.2, 0) is 0 Å². The maximum atomic E-state index is 5.96. The Balaban J connectivity index is 1.91. The molecule has 1 saturated carbocycles. The fourth-order valence-corrected chi connectivity index (χ4v) is 3.17. The summed E-state index contributed by atoms with van der Waals surface area (Å²) in [5, 5.41) is 3.89. The van der Waals surface area contributed by atoms with Gasteiger partial charge in [-0.3, -0.25) is 0 Å². The van der Waals surface area contributed by atoms with E-state index in [2.05, 4.69) is 16.6 Å². The molecule has 0 heterocycles. The lowest BCUT2D eigenvalue weighted by molar-refractivity contribution is 0.453. The quantitative estimate of drug-likeness (QED) is 0.651. The summed E-state index contributed by atoms with van der Waals surface area (Å²) >= 11 is 1.95. The molecule has 0 aromatic heterocycles. The van der Waals surface area contributed by atoms with Gasteiger partial charge in [0.1, 0.15) is 0 Å². The van der Waals surface area contributed by atoms with E-state index >= 15 is 0 Å². The van der Waals surface area contributed by atoms with E-state index in [1.54, 1.807) is 0 Å². The van der Waals surface area contributed by atoms with E-state index in [-0.39, 0.29) is 0 Å². The van der Waals surface area contributed by atoms with Crippen LogP contribution in [0.3, 0.4) is 0 Å². The van der Waals surface area contributed by atoms with Crippen molar-refractivity contribution in [2.75, 3.05) is 11.6 Å². The Morgan fingerprint density at radius 1 is 1.33 bits per heavy atom. The van der Waals surface area contributed by atoms with Crippen molar-refractivity contribution in [3.05, 3.63) is 30.3 Å². The molecule has 2 atom stereocenters. The van der Waals surface area contributed by atoms with Crippen LogP contribution in [0.1, 0.15) is 25.7 Å². The summed E-state index contributed by atoms with van der Waals surface area (Å²) in [7, 11) is 0. The molecule has 0 saturated heterocycles. The van der Waals surface area contributed by atoms with E-state index < -0.39 is 0 Å². The first-order chi connectivity index (χ1) is 8.78. The zero-order valence-corrected chi connectivity index (χ0v) is 11.6. The van der Waals surface area contributed by atoms with Crippen molar-refractivity contribution in [2.45, 2.75) is 37.0 Å². The molecule has 3 nitrogen and oxygen atoms in total. The lowest BCUT2D eigenvalue weighted by Crippen LogP contribution is -2.28. The van der Waals surface area contributed by atoms with Crippen molar-refractivity contribution in [3.63, 3.8) is 0 Å². The van der Waals surface area contributed by atoms with Crippen molar-refractivity contribution < 1.29 is 0 Å². The molecule has 0 amide bonds. The summed E-state index contributed by atoms with van der Waals surface area (Å²) in [6, 6.07) is 10.3. The van der Waals surface area contributed by atoms with Gasteiger partial charge in [0.2, 0.25) is 0 Å². The van der Waals surface area contributed by atoms with Gasteiger partial charge in [0.25, 0.3) is 0 Å². The Bertz CT molecular complexity index is 391. The van der Waals surface area contributed by atoms with E-state index in [1.807, 2.05) is 42.1 Å². The number of aliphatic imine (C=N–C) groups is 1. The highest BCUT2D eigenvalue weighted by atomic mass is 32.2. The minimum Gasteiger partial charge on any atom is -0.370 e. The van der Waals surface area contributed by atoms with Gasteiger partial charge < -0.3 is 11.1 Å². The summed E-state index contributed by atoms with van der Waals surface area (Å²) in [5.74, 6) is 0.535. The van der Waals surface area contributed by atoms with E-state index in [1.165, 1.54) is 12.8 Å². The van der Waals surface area contributed by atoms with Gasteiger partial charge in [-0.15, -0.1) is 0 Å². The van der Waals surface area contributed by atoms with Crippen molar-refractivity contribution in [3.8, 4) is 0 Å². The second-order valence-corrected chi connectivity index (χ2v) is 5.82. The molecule has 1 aromatic carbocycles. The highest BCUT2D eigenvalue weighted by Gasteiger charge is 2.20. The fourth-order valence-electron chi connectivity index (χ4n) is 2.35. The molecule has 2 unspecified atom stereocenters. The smallest absolute Gasteiger partial charge is 0.193 e. The molecule has 0 spiro atoms. The van der Waals surface area contributed by atoms with Gasteiger partial charge in [-0.1, -0.05) is 24.6 Å². The summed E-state index contributed by atoms with van der Waals surface area (Å²) in [6.07, 6.45) is 7.08. The molecule has 0 radical (unpaired) electrons. The molecule has 98 valence electrons. The van der Waals surface area contributed by atoms with Gasteiger partial charge in [-0.05, 0) is 37.7 Å². The summed E-state index contributed by atoms with van der Waals surface area (Å²) in [5.41, 5.74) is 6.95. The molecule has 0 bridgehead atoms.